The van der Waals surface area contributed by atoms with Gasteiger partial charge in [-0.25, -0.2) is 0 Å². The van der Waals surface area contributed by atoms with Gasteiger partial charge in [0.15, 0.2) is 17.5 Å². The van der Waals surface area contributed by atoms with E-state index in [1.807, 2.05) is 12.1 Å². The maximum Gasteiger partial charge on any atom is 0.203 e. The molecular weight excluding hydrogens is 495 g/mol. The Labute approximate surface area is 200 Å². The van der Waals surface area contributed by atoms with E-state index in [2.05, 4.69) is 50.2 Å². The summed E-state index contributed by atoms with van der Waals surface area (Å²) in [5, 5.41) is 6.73. The molecule has 0 aliphatic rings. The molecule has 0 fully saturated rings. The maximum atomic E-state index is 5.57. The van der Waals surface area contributed by atoms with Crippen molar-refractivity contribution in [1.29, 1.82) is 0 Å². The molecule has 0 unspecified atom stereocenters. The van der Waals surface area contributed by atoms with Crippen LogP contribution >= 0.6 is 24.0 Å². The maximum absolute atomic E-state index is 5.57. The fourth-order valence-electron chi connectivity index (χ4n) is 3.41. The first-order chi connectivity index (χ1) is 13.9. The van der Waals surface area contributed by atoms with Crippen molar-refractivity contribution in [3.63, 3.8) is 0 Å². The third kappa shape index (κ3) is 8.75. The minimum absolute atomic E-state index is 0. The van der Waals surface area contributed by atoms with Crippen LogP contribution in [0.4, 0.5) is 0 Å². The number of guanidine groups is 1. The van der Waals surface area contributed by atoms with Gasteiger partial charge in [0, 0.05) is 37.3 Å². The van der Waals surface area contributed by atoms with Crippen molar-refractivity contribution in [2.45, 2.75) is 53.1 Å². The highest BCUT2D eigenvalue weighted by atomic mass is 127. The van der Waals surface area contributed by atoms with Crippen LogP contribution in [0, 0.1) is 0 Å². The van der Waals surface area contributed by atoms with Crippen molar-refractivity contribution in [3.8, 4) is 17.2 Å². The highest BCUT2D eigenvalue weighted by molar-refractivity contribution is 14.0. The molecule has 0 saturated heterocycles. The van der Waals surface area contributed by atoms with Gasteiger partial charge >= 0.3 is 0 Å². The third-order valence-electron chi connectivity index (χ3n) is 4.77. The van der Waals surface area contributed by atoms with Crippen LogP contribution in [0.1, 0.15) is 40.2 Å². The number of ether oxygens (including phenoxy) is 3. The largest absolute Gasteiger partial charge is 0.493 e. The number of methoxy groups -OCH3 is 3. The summed E-state index contributed by atoms with van der Waals surface area (Å²) in [7, 11) is 4.89. The molecule has 1 aromatic rings. The van der Waals surface area contributed by atoms with E-state index >= 15 is 0 Å². The lowest BCUT2D eigenvalue weighted by Crippen LogP contribution is -2.41. The second-order valence-corrected chi connectivity index (χ2v) is 7.36. The lowest BCUT2D eigenvalue weighted by Gasteiger charge is -2.29. The molecule has 8 heteroatoms. The number of nitrogens with one attached hydrogen (secondary N) is 2. The molecule has 0 saturated carbocycles. The zero-order valence-electron chi connectivity index (χ0n) is 19.9. The summed E-state index contributed by atoms with van der Waals surface area (Å²) in [4.78, 5) is 7.18. The molecule has 0 heterocycles. The van der Waals surface area contributed by atoms with E-state index in [0.29, 0.717) is 29.3 Å². The van der Waals surface area contributed by atoms with Gasteiger partial charge in [-0.3, -0.25) is 9.89 Å². The van der Waals surface area contributed by atoms with Crippen LogP contribution in [0.25, 0.3) is 0 Å². The minimum atomic E-state index is 0. The monoisotopic (exact) mass is 536 g/mol. The highest BCUT2D eigenvalue weighted by Crippen LogP contribution is 2.39. The van der Waals surface area contributed by atoms with Crippen LogP contribution in [-0.2, 0) is 6.42 Å². The lowest BCUT2D eigenvalue weighted by atomic mass is 10.1. The third-order valence-corrected chi connectivity index (χ3v) is 4.77. The number of benzene rings is 1. The molecule has 0 atom stereocenters. The topological polar surface area (TPSA) is 67.4 Å². The summed E-state index contributed by atoms with van der Waals surface area (Å²) in [6.45, 7) is 14.2. The molecule has 30 heavy (non-hydrogen) atoms. The van der Waals surface area contributed by atoms with Gasteiger partial charge in [-0.2, -0.15) is 0 Å². The predicted octanol–water partition coefficient (Wildman–Crippen LogP) is 3.55. The quantitative estimate of drug-likeness (QED) is 0.242. The molecular formula is C22H41IN4O3. The van der Waals surface area contributed by atoms with Crippen molar-refractivity contribution in [3.05, 3.63) is 17.7 Å². The van der Waals surface area contributed by atoms with E-state index in [0.717, 1.165) is 44.1 Å². The summed E-state index contributed by atoms with van der Waals surface area (Å²) in [5.74, 6) is 2.82. The number of hydrogen-bond acceptors (Lipinski definition) is 5. The van der Waals surface area contributed by atoms with E-state index < -0.39 is 0 Å². The van der Waals surface area contributed by atoms with E-state index in [-0.39, 0.29) is 24.0 Å². The second-order valence-electron chi connectivity index (χ2n) is 7.36. The molecule has 1 rings (SSSR count). The van der Waals surface area contributed by atoms with Crippen LogP contribution < -0.4 is 24.8 Å². The number of rotatable bonds is 12. The molecule has 1 aromatic carbocycles. The summed E-state index contributed by atoms with van der Waals surface area (Å²) in [6, 6.07) is 4.94. The predicted molar refractivity (Wildman–Crippen MR) is 136 cm³/mol. The lowest BCUT2D eigenvalue weighted by molar-refractivity contribution is 0.181. The van der Waals surface area contributed by atoms with E-state index in [9.17, 15) is 0 Å². The summed E-state index contributed by atoms with van der Waals surface area (Å²) >= 11 is 0. The van der Waals surface area contributed by atoms with Crippen molar-refractivity contribution >= 4 is 29.9 Å². The molecule has 7 nitrogen and oxygen atoms in total. The van der Waals surface area contributed by atoms with Gasteiger partial charge in [-0.05, 0) is 47.1 Å². The second kappa shape index (κ2) is 15.4. The molecule has 0 spiro atoms. The van der Waals surface area contributed by atoms with Crippen LogP contribution in [0.5, 0.6) is 17.2 Å². The number of aliphatic imine (C=N–C) groups is 1. The number of nitrogens with zero attached hydrogens (tertiary/aromatic N) is 2. The zero-order chi connectivity index (χ0) is 21.8. The molecule has 2 N–H and O–H groups in total. The van der Waals surface area contributed by atoms with Crippen molar-refractivity contribution in [2.24, 2.45) is 4.99 Å². The molecule has 174 valence electrons. The average molecular weight is 536 g/mol. The fraction of sp³-hybridized carbons (Fsp3) is 0.682. The Kier molecular flexibility index (Phi) is 14.7. The molecule has 0 radical (unpaired) electrons. The average Bonchev–Trinajstić information content (AvgIpc) is 2.69. The van der Waals surface area contributed by atoms with Crippen molar-refractivity contribution in [1.82, 2.24) is 15.5 Å². The summed E-state index contributed by atoms with van der Waals surface area (Å²) < 4.78 is 16.4. The Morgan fingerprint density at radius 1 is 0.967 bits per heavy atom. The van der Waals surface area contributed by atoms with E-state index in [4.69, 9.17) is 19.2 Å². The molecule has 0 aromatic heterocycles. The number of halogens is 1. The smallest absolute Gasteiger partial charge is 0.203 e. The van der Waals surface area contributed by atoms with Gasteiger partial charge in [0.1, 0.15) is 0 Å². The van der Waals surface area contributed by atoms with Crippen LogP contribution in [0.2, 0.25) is 0 Å². The van der Waals surface area contributed by atoms with Gasteiger partial charge in [0.05, 0.1) is 27.9 Å². The van der Waals surface area contributed by atoms with E-state index in [1.54, 1.807) is 21.3 Å². The SMILES string of the molecule is CCNC(=NCCN(C(C)C)C(C)C)NCCc1ccc(OC)c(OC)c1OC.I. The summed E-state index contributed by atoms with van der Waals surface area (Å²) in [5.41, 5.74) is 1.05. The van der Waals surface area contributed by atoms with Crippen molar-refractivity contribution < 1.29 is 14.2 Å². The fourth-order valence-corrected chi connectivity index (χ4v) is 3.41. The highest BCUT2D eigenvalue weighted by Gasteiger charge is 2.16. The van der Waals surface area contributed by atoms with Gasteiger partial charge in [-0.1, -0.05) is 6.07 Å². The molecule has 0 aliphatic carbocycles. The standard InChI is InChI=1S/C22H40N4O3.HI/c1-9-23-22(25-14-15-26(16(2)3)17(4)5)24-13-12-18-10-11-19(27-6)21(29-8)20(18)28-7;/h10-11,16-17H,9,12-15H2,1-8H3,(H2,23,24,25);1H. The Bertz CT molecular complexity index is 631. The van der Waals surface area contributed by atoms with Crippen LogP contribution in [0.15, 0.2) is 17.1 Å². The van der Waals surface area contributed by atoms with Crippen LogP contribution in [-0.4, -0.2) is 70.5 Å². The first-order valence-electron chi connectivity index (χ1n) is 10.4. The van der Waals surface area contributed by atoms with Crippen molar-refractivity contribution in [2.75, 3.05) is 47.5 Å². The minimum Gasteiger partial charge on any atom is -0.493 e. The molecule has 0 aliphatic heterocycles. The van der Waals surface area contributed by atoms with E-state index in [1.165, 1.54) is 0 Å². The Morgan fingerprint density at radius 3 is 2.10 bits per heavy atom. The zero-order valence-corrected chi connectivity index (χ0v) is 22.2. The first kappa shape index (κ1) is 28.6. The van der Waals surface area contributed by atoms with Crippen LogP contribution in [0.3, 0.4) is 0 Å². The molecule has 0 bridgehead atoms. The molecule has 0 amide bonds. The summed E-state index contributed by atoms with van der Waals surface area (Å²) in [6.07, 6.45) is 0.776. The van der Waals surface area contributed by atoms with Gasteiger partial charge in [0.25, 0.3) is 0 Å². The van der Waals surface area contributed by atoms with Gasteiger partial charge in [-0.15, -0.1) is 24.0 Å². The normalized spacial score (nSPS) is 11.5. The Balaban J connectivity index is 0.00000841. The number of hydrogen-bond donors (Lipinski definition) is 2. The first-order valence-corrected chi connectivity index (χ1v) is 10.4. The van der Waals surface area contributed by atoms with Gasteiger partial charge < -0.3 is 24.8 Å². The Hall–Kier alpha value is -1.42. The Morgan fingerprint density at radius 2 is 1.60 bits per heavy atom. The van der Waals surface area contributed by atoms with Gasteiger partial charge in [0.2, 0.25) is 5.75 Å².